The predicted octanol–water partition coefficient (Wildman–Crippen LogP) is 2.88. The SMILES string of the molecule is CC(C)(C#N)c1cccc(-c2ccnc3c2C=NC3)n1. The van der Waals surface area contributed by atoms with Crippen LogP contribution in [-0.2, 0) is 12.0 Å². The molecule has 0 aromatic carbocycles. The summed E-state index contributed by atoms with van der Waals surface area (Å²) in [5, 5.41) is 9.24. The van der Waals surface area contributed by atoms with Crippen molar-refractivity contribution in [3.05, 3.63) is 47.4 Å². The summed E-state index contributed by atoms with van der Waals surface area (Å²) in [5.74, 6) is 0. The van der Waals surface area contributed by atoms with Crippen LogP contribution < -0.4 is 0 Å². The Balaban J connectivity index is 2.13. The molecule has 0 saturated heterocycles. The summed E-state index contributed by atoms with van der Waals surface area (Å²) in [6, 6.07) is 10.0. The second-order valence-corrected chi connectivity index (χ2v) is 5.33. The zero-order valence-electron chi connectivity index (χ0n) is 11.5. The Hall–Kier alpha value is -2.54. The van der Waals surface area contributed by atoms with E-state index >= 15 is 0 Å². The first-order valence-electron chi connectivity index (χ1n) is 6.49. The molecule has 0 bridgehead atoms. The van der Waals surface area contributed by atoms with Crippen molar-refractivity contribution in [1.29, 1.82) is 5.26 Å². The summed E-state index contributed by atoms with van der Waals surface area (Å²) < 4.78 is 0. The Labute approximate surface area is 117 Å². The van der Waals surface area contributed by atoms with E-state index in [-0.39, 0.29) is 0 Å². The largest absolute Gasteiger partial charge is 0.286 e. The molecule has 0 atom stereocenters. The standard InChI is InChI=1S/C16H14N4/c1-16(2,10-17)15-5-3-4-13(20-15)11-6-7-19-14-9-18-8-12(11)14/h3-8H,9H2,1-2H3. The van der Waals surface area contributed by atoms with Crippen molar-refractivity contribution in [2.75, 3.05) is 0 Å². The van der Waals surface area contributed by atoms with Crippen LogP contribution in [0.5, 0.6) is 0 Å². The normalized spacial score (nSPS) is 13.1. The Morgan fingerprint density at radius 1 is 1.25 bits per heavy atom. The third-order valence-corrected chi connectivity index (χ3v) is 3.48. The first-order valence-corrected chi connectivity index (χ1v) is 6.49. The maximum Gasteiger partial charge on any atom is 0.0937 e. The van der Waals surface area contributed by atoms with Crippen molar-refractivity contribution >= 4 is 6.21 Å². The Morgan fingerprint density at radius 2 is 2.10 bits per heavy atom. The molecule has 0 aliphatic carbocycles. The Bertz CT molecular complexity index is 738. The molecule has 98 valence electrons. The summed E-state index contributed by atoms with van der Waals surface area (Å²) in [6.07, 6.45) is 3.63. The van der Waals surface area contributed by atoms with Gasteiger partial charge in [-0.15, -0.1) is 0 Å². The second kappa shape index (κ2) is 4.53. The first-order chi connectivity index (χ1) is 9.62. The third kappa shape index (κ3) is 1.97. The summed E-state index contributed by atoms with van der Waals surface area (Å²) in [5.41, 5.74) is 4.07. The molecule has 0 amide bonds. The number of nitrogens with zero attached hydrogens (tertiary/aromatic N) is 4. The molecule has 4 nitrogen and oxygen atoms in total. The smallest absolute Gasteiger partial charge is 0.0937 e. The van der Waals surface area contributed by atoms with Gasteiger partial charge in [-0.3, -0.25) is 15.0 Å². The van der Waals surface area contributed by atoms with Gasteiger partial charge in [0.1, 0.15) is 0 Å². The van der Waals surface area contributed by atoms with E-state index in [0.717, 1.165) is 28.2 Å². The molecule has 3 rings (SSSR count). The number of pyridine rings is 2. The lowest BCUT2D eigenvalue weighted by Gasteiger charge is -2.16. The molecule has 1 aliphatic heterocycles. The van der Waals surface area contributed by atoms with Gasteiger partial charge in [-0.05, 0) is 32.0 Å². The van der Waals surface area contributed by atoms with E-state index in [9.17, 15) is 5.26 Å². The molecule has 1 aliphatic rings. The lowest BCUT2D eigenvalue weighted by atomic mass is 9.90. The average Bonchev–Trinajstić information content (AvgIpc) is 2.95. The van der Waals surface area contributed by atoms with Crippen LogP contribution in [0.25, 0.3) is 11.3 Å². The van der Waals surface area contributed by atoms with E-state index in [1.54, 1.807) is 6.20 Å². The van der Waals surface area contributed by atoms with Gasteiger partial charge in [0.2, 0.25) is 0 Å². The van der Waals surface area contributed by atoms with Crippen molar-refractivity contribution in [2.24, 2.45) is 4.99 Å². The van der Waals surface area contributed by atoms with Gasteiger partial charge in [-0.1, -0.05) is 6.07 Å². The molecule has 0 N–H and O–H groups in total. The zero-order chi connectivity index (χ0) is 14.2. The van der Waals surface area contributed by atoms with E-state index in [4.69, 9.17) is 0 Å². The van der Waals surface area contributed by atoms with Crippen LogP contribution in [0.1, 0.15) is 30.8 Å². The van der Waals surface area contributed by atoms with E-state index in [1.165, 1.54) is 0 Å². The lowest BCUT2D eigenvalue weighted by molar-refractivity contribution is 0.660. The fourth-order valence-corrected chi connectivity index (χ4v) is 2.22. The molecule has 2 aromatic heterocycles. The molecule has 0 radical (unpaired) electrons. The Kier molecular flexibility index (Phi) is 2.83. The summed E-state index contributed by atoms with van der Waals surface area (Å²) >= 11 is 0. The zero-order valence-corrected chi connectivity index (χ0v) is 11.5. The highest BCUT2D eigenvalue weighted by atomic mass is 14.8. The average molecular weight is 262 g/mol. The fraction of sp³-hybridized carbons (Fsp3) is 0.250. The van der Waals surface area contributed by atoms with Crippen LogP contribution in [0.2, 0.25) is 0 Å². The molecule has 4 heteroatoms. The van der Waals surface area contributed by atoms with Crippen LogP contribution in [0.15, 0.2) is 35.5 Å². The van der Waals surface area contributed by atoms with Gasteiger partial charge < -0.3 is 0 Å². The Morgan fingerprint density at radius 3 is 2.90 bits per heavy atom. The number of nitriles is 1. The molecule has 0 fully saturated rings. The van der Waals surface area contributed by atoms with Crippen molar-refractivity contribution in [2.45, 2.75) is 25.8 Å². The third-order valence-electron chi connectivity index (χ3n) is 3.48. The minimum atomic E-state index is -0.597. The molecule has 0 spiro atoms. The summed E-state index contributed by atoms with van der Waals surface area (Å²) in [7, 11) is 0. The van der Waals surface area contributed by atoms with E-state index in [2.05, 4.69) is 21.0 Å². The molecular formula is C16H14N4. The minimum Gasteiger partial charge on any atom is -0.286 e. The van der Waals surface area contributed by atoms with Gasteiger partial charge in [-0.25, -0.2) is 0 Å². The summed E-state index contributed by atoms with van der Waals surface area (Å²) in [4.78, 5) is 13.2. The van der Waals surface area contributed by atoms with Crippen LogP contribution >= 0.6 is 0 Å². The molecule has 0 saturated carbocycles. The van der Waals surface area contributed by atoms with Gasteiger partial charge in [0, 0.05) is 23.5 Å². The van der Waals surface area contributed by atoms with Crippen molar-refractivity contribution < 1.29 is 0 Å². The predicted molar refractivity (Wildman–Crippen MR) is 77.4 cm³/mol. The fourth-order valence-electron chi connectivity index (χ4n) is 2.22. The van der Waals surface area contributed by atoms with E-state index in [1.807, 2.05) is 44.3 Å². The van der Waals surface area contributed by atoms with E-state index in [0.29, 0.717) is 6.54 Å². The van der Waals surface area contributed by atoms with Crippen LogP contribution in [0, 0.1) is 11.3 Å². The summed E-state index contributed by atoms with van der Waals surface area (Å²) in [6.45, 7) is 4.38. The molecule has 3 heterocycles. The number of fused-ring (bicyclic) bond motifs is 1. The first kappa shape index (κ1) is 12.5. The van der Waals surface area contributed by atoms with Crippen LogP contribution in [-0.4, -0.2) is 16.2 Å². The van der Waals surface area contributed by atoms with Gasteiger partial charge in [-0.2, -0.15) is 5.26 Å². The highest BCUT2D eigenvalue weighted by molar-refractivity contribution is 5.92. The number of aliphatic imine (C=N–C) groups is 1. The molecular weight excluding hydrogens is 248 g/mol. The highest BCUT2D eigenvalue weighted by Crippen LogP contribution is 2.28. The topological polar surface area (TPSA) is 61.9 Å². The van der Waals surface area contributed by atoms with E-state index < -0.39 is 5.41 Å². The number of hydrogen-bond donors (Lipinski definition) is 0. The van der Waals surface area contributed by atoms with Gasteiger partial charge in [0.15, 0.2) is 0 Å². The van der Waals surface area contributed by atoms with Crippen LogP contribution in [0.3, 0.4) is 0 Å². The second-order valence-electron chi connectivity index (χ2n) is 5.33. The minimum absolute atomic E-state index is 0.597. The van der Waals surface area contributed by atoms with Gasteiger partial charge in [0.05, 0.1) is 35.1 Å². The monoisotopic (exact) mass is 262 g/mol. The van der Waals surface area contributed by atoms with Crippen LogP contribution in [0.4, 0.5) is 0 Å². The van der Waals surface area contributed by atoms with Crippen molar-refractivity contribution in [1.82, 2.24) is 9.97 Å². The van der Waals surface area contributed by atoms with Gasteiger partial charge >= 0.3 is 0 Å². The molecule has 20 heavy (non-hydrogen) atoms. The quantitative estimate of drug-likeness (QED) is 0.836. The number of rotatable bonds is 2. The van der Waals surface area contributed by atoms with Crippen molar-refractivity contribution in [3.63, 3.8) is 0 Å². The molecule has 0 unspecified atom stereocenters. The van der Waals surface area contributed by atoms with Crippen molar-refractivity contribution in [3.8, 4) is 17.3 Å². The lowest BCUT2D eigenvalue weighted by Crippen LogP contribution is -2.16. The number of hydrogen-bond acceptors (Lipinski definition) is 4. The number of aromatic nitrogens is 2. The van der Waals surface area contributed by atoms with Gasteiger partial charge in [0.25, 0.3) is 0 Å². The maximum atomic E-state index is 9.24. The highest BCUT2D eigenvalue weighted by Gasteiger charge is 2.22. The maximum absolute atomic E-state index is 9.24. The molecule has 2 aromatic rings.